The predicted octanol–water partition coefficient (Wildman–Crippen LogP) is 1.82. The molecule has 2 rings (SSSR count). The summed E-state index contributed by atoms with van der Waals surface area (Å²) in [4.78, 5) is 22.5. The lowest BCUT2D eigenvalue weighted by Crippen LogP contribution is -2.21. The topological polar surface area (TPSA) is 105 Å². The number of nitrogens with zero attached hydrogens (tertiary/aromatic N) is 3. The van der Waals surface area contributed by atoms with Gasteiger partial charge in [-0.1, -0.05) is 24.3 Å². The van der Waals surface area contributed by atoms with Gasteiger partial charge in [-0.2, -0.15) is 0 Å². The molecule has 21 heavy (non-hydrogen) atoms. The molecular weight excluding hydrogens is 281 g/mol. The Hall–Kier alpha value is -2.77. The van der Waals surface area contributed by atoms with Crippen LogP contribution in [-0.2, 0) is 4.79 Å². The summed E-state index contributed by atoms with van der Waals surface area (Å²) in [5.41, 5.74) is -0.700. The van der Waals surface area contributed by atoms with Gasteiger partial charge in [-0.3, -0.25) is 0 Å². The SMILES string of the molecule is CCC(C(=O)O)n1nnc(C(=O)O)c1-c1ccccc1F. The van der Waals surface area contributed by atoms with E-state index < -0.39 is 29.5 Å². The Kier molecular flexibility index (Phi) is 3.97. The monoisotopic (exact) mass is 293 g/mol. The number of hydrogen-bond acceptors (Lipinski definition) is 4. The zero-order valence-corrected chi connectivity index (χ0v) is 11.0. The first-order valence-electron chi connectivity index (χ1n) is 6.13. The molecule has 0 saturated heterocycles. The highest BCUT2D eigenvalue weighted by Gasteiger charge is 2.29. The molecule has 1 aromatic heterocycles. The van der Waals surface area contributed by atoms with E-state index in [2.05, 4.69) is 10.3 Å². The quantitative estimate of drug-likeness (QED) is 0.871. The van der Waals surface area contributed by atoms with E-state index in [9.17, 15) is 19.1 Å². The molecule has 1 aromatic carbocycles. The normalized spacial score (nSPS) is 12.1. The molecule has 0 bridgehead atoms. The van der Waals surface area contributed by atoms with Gasteiger partial charge in [0.25, 0.3) is 0 Å². The van der Waals surface area contributed by atoms with Crippen molar-refractivity contribution in [3.05, 3.63) is 35.8 Å². The number of aromatic nitrogens is 3. The molecule has 0 aliphatic heterocycles. The maximum Gasteiger partial charge on any atom is 0.358 e. The molecule has 0 saturated carbocycles. The van der Waals surface area contributed by atoms with E-state index in [4.69, 9.17) is 5.11 Å². The highest BCUT2D eigenvalue weighted by atomic mass is 19.1. The number of carboxylic acids is 2. The van der Waals surface area contributed by atoms with Gasteiger partial charge in [0, 0.05) is 5.56 Å². The van der Waals surface area contributed by atoms with E-state index in [0.29, 0.717) is 0 Å². The third-order valence-corrected chi connectivity index (χ3v) is 2.99. The van der Waals surface area contributed by atoms with Gasteiger partial charge in [0.1, 0.15) is 11.5 Å². The van der Waals surface area contributed by atoms with Gasteiger partial charge in [0.05, 0.1) is 0 Å². The van der Waals surface area contributed by atoms with E-state index in [-0.39, 0.29) is 17.7 Å². The van der Waals surface area contributed by atoms with Crippen LogP contribution in [0.1, 0.15) is 29.9 Å². The van der Waals surface area contributed by atoms with Crippen LogP contribution < -0.4 is 0 Å². The van der Waals surface area contributed by atoms with Crippen LogP contribution in [0.2, 0.25) is 0 Å². The molecule has 110 valence electrons. The third kappa shape index (κ3) is 2.60. The van der Waals surface area contributed by atoms with E-state index in [1.807, 2.05) is 0 Å². The van der Waals surface area contributed by atoms with Crippen LogP contribution in [0.25, 0.3) is 11.3 Å². The fraction of sp³-hybridized carbons (Fsp3) is 0.231. The van der Waals surface area contributed by atoms with Gasteiger partial charge in [0.2, 0.25) is 0 Å². The molecule has 7 nitrogen and oxygen atoms in total. The van der Waals surface area contributed by atoms with Crippen LogP contribution in [0.15, 0.2) is 24.3 Å². The Labute approximate surface area is 118 Å². The summed E-state index contributed by atoms with van der Waals surface area (Å²) in [7, 11) is 0. The lowest BCUT2D eigenvalue weighted by molar-refractivity contribution is -0.141. The average Bonchev–Trinajstić information content (AvgIpc) is 2.84. The molecule has 1 atom stereocenters. The maximum atomic E-state index is 13.9. The van der Waals surface area contributed by atoms with Crippen LogP contribution in [0.3, 0.4) is 0 Å². The first kappa shape index (κ1) is 14.6. The lowest BCUT2D eigenvalue weighted by atomic mass is 10.1. The molecule has 8 heteroatoms. The van der Waals surface area contributed by atoms with Crippen LogP contribution in [-0.4, -0.2) is 37.1 Å². The molecule has 0 spiro atoms. The van der Waals surface area contributed by atoms with Crippen molar-refractivity contribution in [2.45, 2.75) is 19.4 Å². The van der Waals surface area contributed by atoms with Gasteiger partial charge < -0.3 is 10.2 Å². The molecule has 0 radical (unpaired) electrons. The van der Waals surface area contributed by atoms with Crippen molar-refractivity contribution in [2.24, 2.45) is 0 Å². The van der Waals surface area contributed by atoms with Crippen molar-refractivity contribution < 1.29 is 24.2 Å². The summed E-state index contributed by atoms with van der Waals surface area (Å²) in [5.74, 6) is -3.28. The van der Waals surface area contributed by atoms with Gasteiger partial charge >= 0.3 is 11.9 Å². The van der Waals surface area contributed by atoms with Crippen molar-refractivity contribution >= 4 is 11.9 Å². The number of aromatic carboxylic acids is 1. The Morgan fingerprint density at radius 3 is 2.52 bits per heavy atom. The molecule has 0 amide bonds. The average molecular weight is 293 g/mol. The predicted molar refractivity (Wildman–Crippen MR) is 69.3 cm³/mol. The van der Waals surface area contributed by atoms with Crippen LogP contribution in [0, 0.1) is 5.82 Å². The maximum absolute atomic E-state index is 13.9. The molecule has 2 N–H and O–H groups in total. The number of carbonyl (C=O) groups is 2. The summed E-state index contributed by atoms with van der Waals surface area (Å²) in [5, 5.41) is 25.4. The van der Waals surface area contributed by atoms with Crippen molar-refractivity contribution in [1.82, 2.24) is 15.0 Å². The Balaban J connectivity index is 2.72. The summed E-state index contributed by atoms with van der Waals surface area (Å²) in [6, 6.07) is 4.34. The van der Waals surface area contributed by atoms with E-state index in [0.717, 1.165) is 10.7 Å². The fourth-order valence-corrected chi connectivity index (χ4v) is 2.01. The largest absolute Gasteiger partial charge is 0.480 e. The van der Waals surface area contributed by atoms with Crippen molar-refractivity contribution in [3.63, 3.8) is 0 Å². The van der Waals surface area contributed by atoms with Crippen LogP contribution in [0.4, 0.5) is 4.39 Å². The number of benzene rings is 1. The number of rotatable bonds is 5. The first-order chi connectivity index (χ1) is 9.97. The second kappa shape index (κ2) is 5.70. The second-order valence-corrected chi connectivity index (χ2v) is 4.28. The summed E-state index contributed by atoms with van der Waals surface area (Å²) in [6.45, 7) is 1.60. The highest BCUT2D eigenvalue weighted by molar-refractivity contribution is 5.93. The van der Waals surface area contributed by atoms with Gasteiger partial charge in [-0.15, -0.1) is 5.10 Å². The zero-order chi connectivity index (χ0) is 15.6. The first-order valence-corrected chi connectivity index (χ1v) is 6.13. The molecule has 0 fully saturated rings. The Bertz CT molecular complexity index is 698. The zero-order valence-electron chi connectivity index (χ0n) is 11.0. The fourth-order valence-electron chi connectivity index (χ4n) is 2.01. The molecule has 1 unspecified atom stereocenters. The number of carboxylic acid groups (broad SMARTS) is 2. The molecule has 1 heterocycles. The minimum Gasteiger partial charge on any atom is -0.480 e. The van der Waals surface area contributed by atoms with Crippen molar-refractivity contribution in [1.29, 1.82) is 0 Å². The van der Waals surface area contributed by atoms with E-state index >= 15 is 0 Å². The van der Waals surface area contributed by atoms with E-state index in [1.165, 1.54) is 18.2 Å². The molecule has 2 aromatic rings. The lowest BCUT2D eigenvalue weighted by Gasteiger charge is -2.14. The number of halogens is 1. The standard InChI is InChI=1S/C13H12FN3O4/c1-2-9(12(18)19)17-11(10(13(20)21)15-16-17)7-5-3-4-6-8(7)14/h3-6,9H,2H2,1H3,(H,18,19)(H,20,21). The van der Waals surface area contributed by atoms with Crippen molar-refractivity contribution in [2.75, 3.05) is 0 Å². The second-order valence-electron chi connectivity index (χ2n) is 4.28. The van der Waals surface area contributed by atoms with Gasteiger partial charge in [0.15, 0.2) is 11.7 Å². The van der Waals surface area contributed by atoms with Crippen LogP contribution in [0.5, 0.6) is 0 Å². The molecule has 0 aliphatic rings. The van der Waals surface area contributed by atoms with Gasteiger partial charge in [-0.25, -0.2) is 18.7 Å². The Morgan fingerprint density at radius 2 is 2.00 bits per heavy atom. The van der Waals surface area contributed by atoms with Gasteiger partial charge in [-0.05, 0) is 18.6 Å². The molecular formula is C13H12FN3O4. The highest BCUT2D eigenvalue weighted by Crippen LogP contribution is 2.28. The Morgan fingerprint density at radius 1 is 1.33 bits per heavy atom. The summed E-state index contributed by atoms with van der Waals surface area (Å²) >= 11 is 0. The summed E-state index contributed by atoms with van der Waals surface area (Å²) in [6.07, 6.45) is 0.152. The number of aliphatic carboxylic acids is 1. The minimum atomic E-state index is -1.40. The van der Waals surface area contributed by atoms with Crippen molar-refractivity contribution in [3.8, 4) is 11.3 Å². The minimum absolute atomic E-state index is 0.0559. The van der Waals surface area contributed by atoms with Crippen LogP contribution >= 0.6 is 0 Å². The smallest absolute Gasteiger partial charge is 0.358 e. The van der Waals surface area contributed by atoms with E-state index in [1.54, 1.807) is 6.92 Å². The summed E-state index contributed by atoms with van der Waals surface area (Å²) < 4.78 is 14.9. The third-order valence-electron chi connectivity index (χ3n) is 2.99. The molecule has 0 aliphatic carbocycles. The number of hydrogen-bond donors (Lipinski definition) is 2.